The van der Waals surface area contributed by atoms with Crippen LogP contribution in [0.2, 0.25) is 5.15 Å². The third kappa shape index (κ3) is 4.75. The van der Waals surface area contributed by atoms with E-state index in [0.717, 1.165) is 15.6 Å². The molecule has 11 heteroatoms. The standard InChI is InChI=1S/C24H20BrClN4O5/c1-33-16-9-17(34-2)21(22-20(16)15(10-28-22)12-4-6-13(25)7-5-12)24(32)30-29-23(31)14-8-19(26)27-11-18(14)35-3/h4-11,28H,1-3H3,(H,29,31)(H,30,32). The molecule has 0 aliphatic rings. The smallest absolute Gasteiger partial charge is 0.275 e. The monoisotopic (exact) mass is 558 g/mol. The number of carbonyl (C=O) groups excluding carboxylic acids is 2. The van der Waals surface area contributed by atoms with Crippen molar-refractivity contribution < 1.29 is 23.8 Å². The van der Waals surface area contributed by atoms with Gasteiger partial charge in [0.2, 0.25) is 0 Å². The van der Waals surface area contributed by atoms with Gasteiger partial charge in [-0.25, -0.2) is 4.98 Å². The van der Waals surface area contributed by atoms with E-state index in [9.17, 15) is 9.59 Å². The van der Waals surface area contributed by atoms with Crippen molar-refractivity contribution in [2.45, 2.75) is 0 Å². The lowest BCUT2D eigenvalue weighted by molar-refractivity contribution is 0.0844. The molecule has 2 aromatic carbocycles. The van der Waals surface area contributed by atoms with Crippen molar-refractivity contribution in [3.63, 3.8) is 0 Å². The summed E-state index contributed by atoms with van der Waals surface area (Å²) in [5, 5.41) is 0.794. The molecule has 9 nitrogen and oxygen atoms in total. The lowest BCUT2D eigenvalue weighted by Gasteiger charge is -2.15. The van der Waals surface area contributed by atoms with E-state index >= 15 is 0 Å². The number of pyridine rings is 1. The maximum atomic E-state index is 13.2. The van der Waals surface area contributed by atoms with Gasteiger partial charge < -0.3 is 19.2 Å². The number of hydrogen-bond donors (Lipinski definition) is 3. The van der Waals surface area contributed by atoms with Crippen LogP contribution in [-0.2, 0) is 0 Å². The van der Waals surface area contributed by atoms with E-state index in [2.05, 4.69) is 36.7 Å². The van der Waals surface area contributed by atoms with Crippen molar-refractivity contribution in [2.24, 2.45) is 0 Å². The highest BCUT2D eigenvalue weighted by Crippen LogP contribution is 2.41. The van der Waals surface area contributed by atoms with Crippen LogP contribution in [0.1, 0.15) is 20.7 Å². The van der Waals surface area contributed by atoms with Crippen molar-refractivity contribution in [1.82, 2.24) is 20.8 Å². The van der Waals surface area contributed by atoms with Gasteiger partial charge in [0.25, 0.3) is 11.8 Å². The number of benzene rings is 2. The van der Waals surface area contributed by atoms with Gasteiger partial charge in [-0.2, -0.15) is 0 Å². The summed E-state index contributed by atoms with van der Waals surface area (Å²) in [4.78, 5) is 33.0. The van der Waals surface area contributed by atoms with Gasteiger partial charge in [-0.1, -0.05) is 39.7 Å². The topological polar surface area (TPSA) is 115 Å². The van der Waals surface area contributed by atoms with Crippen LogP contribution >= 0.6 is 27.5 Å². The van der Waals surface area contributed by atoms with Crippen molar-refractivity contribution >= 4 is 50.2 Å². The fourth-order valence-electron chi connectivity index (χ4n) is 3.67. The molecule has 4 aromatic rings. The van der Waals surface area contributed by atoms with Gasteiger partial charge >= 0.3 is 0 Å². The summed E-state index contributed by atoms with van der Waals surface area (Å²) >= 11 is 9.34. The fraction of sp³-hybridized carbons (Fsp3) is 0.125. The summed E-state index contributed by atoms with van der Waals surface area (Å²) in [6.07, 6.45) is 3.10. The molecule has 4 rings (SSSR count). The Morgan fingerprint density at radius 1 is 0.943 bits per heavy atom. The Balaban J connectivity index is 1.71. The number of aromatic amines is 1. The molecule has 2 heterocycles. The summed E-state index contributed by atoms with van der Waals surface area (Å²) < 4.78 is 17.2. The van der Waals surface area contributed by atoms with Crippen LogP contribution in [0, 0.1) is 0 Å². The van der Waals surface area contributed by atoms with Crippen LogP contribution in [0.5, 0.6) is 17.2 Å². The van der Waals surface area contributed by atoms with Crippen LogP contribution in [0.25, 0.3) is 22.0 Å². The molecule has 0 bridgehead atoms. The molecule has 0 saturated heterocycles. The summed E-state index contributed by atoms with van der Waals surface area (Å²) in [6, 6.07) is 10.7. The van der Waals surface area contributed by atoms with Crippen molar-refractivity contribution in [2.75, 3.05) is 21.3 Å². The highest BCUT2D eigenvalue weighted by molar-refractivity contribution is 9.10. The Morgan fingerprint density at radius 2 is 1.60 bits per heavy atom. The number of H-pyrrole nitrogens is 1. The van der Waals surface area contributed by atoms with Gasteiger partial charge in [-0.05, 0) is 23.8 Å². The molecule has 35 heavy (non-hydrogen) atoms. The first kappa shape index (κ1) is 24.4. The Kier molecular flexibility index (Phi) is 7.13. The number of hydrogen-bond acceptors (Lipinski definition) is 6. The highest BCUT2D eigenvalue weighted by atomic mass is 79.9. The van der Waals surface area contributed by atoms with Crippen LogP contribution in [0.3, 0.4) is 0 Å². The largest absolute Gasteiger partial charge is 0.496 e. The van der Waals surface area contributed by atoms with E-state index in [1.807, 2.05) is 24.3 Å². The zero-order chi connectivity index (χ0) is 25.1. The van der Waals surface area contributed by atoms with Crippen LogP contribution in [0.15, 0.2) is 53.3 Å². The van der Waals surface area contributed by atoms with E-state index in [4.69, 9.17) is 25.8 Å². The van der Waals surface area contributed by atoms with E-state index in [-0.39, 0.29) is 27.8 Å². The predicted octanol–water partition coefficient (Wildman–Crippen LogP) is 4.75. The molecule has 0 radical (unpaired) electrons. The molecule has 0 aliphatic carbocycles. The van der Waals surface area contributed by atoms with Gasteiger partial charge in [0.05, 0.1) is 44.0 Å². The molecule has 0 unspecified atom stereocenters. The first-order chi connectivity index (χ1) is 16.9. The Labute approximate surface area is 213 Å². The summed E-state index contributed by atoms with van der Waals surface area (Å²) in [6.45, 7) is 0. The maximum absolute atomic E-state index is 13.2. The molecule has 0 fully saturated rings. The minimum Gasteiger partial charge on any atom is -0.496 e. The van der Waals surface area contributed by atoms with E-state index < -0.39 is 11.8 Å². The average Bonchev–Trinajstić information content (AvgIpc) is 3.31. The van der Waals surface area contributed by atoms with E-state index in [1.54, 1.807) is 19.4 Å². The second kappa shape index (κ2) is 10.2. The van der Waals surface area contributed by atoms with Crippen molar-refractivity contribution in [3.8, 4) is 28.4 Å². The van der Waals surface area contributed by atoms with Gasteiger partial charge in [0, 0.05) is 22.3 Å². The quantitative estimate of drug-likeness (QED) is 0.232. The minimum absolute atomic E-state index is 0.104. The highest BCUT2D eigenvalue weighted by Gasteiger charge is 2.24. The molecule has 0 aliphatic heterocycles. The first-order valence-corrected chi connectivity index (χ1v) is 11.4. The maximum Gasteiger partial charge on any atom is 0.275 e. The number of nitrogens with one attached hydrogen (secondary N) is 3. The number of aromatic nitrogens is 2. The number of amides is 2. The Morgan fingerprint density at radius 3 is 2.26 bits per heavy atom. The SMILES string of the molecule is COc1cnc(Cl)cc1C(=O)NNC(=O)c1c(OC)cc(OC)c2c(-c3ccc(Br)cc3)c[nH]c12. The number of halogens is 2. The third-order valence-electron chi connectivity index (χ3n) is 5.30. The molecule has 2 amide bonds. The number of fused-ring (bicyclic) bond motifs is 1. The van der Waals surface area contributed by atoms with Gasteiger partial charge in [0.15, 0.2) is 0 Å². The molecule has 3 N–H and O–H groups in total. The predicted molar refractivity (Wildman–Crippen MR) is 135 cm³/mol. The number of carbonyl (C=O) groups is 2. The normalized spacial score (nSPS) is 10.7. The first-order valence-electron chi connectivity index (χ1n) is 10.2. The molecule has 0 spiro atoms. The summed E-state index contributed by atoms with van der Waals surface area (Å²) in [7, 11) is 4.38. The number of methoxy groups -OCH3 is 3. The molecule has 0 atom stereocenters. The third-order valence-corrected chi connectivity index (χ3v) is 6.03. The van der Waals surface area contributed by atoms with Gasteiger partial charge in [0.1, 0.15) is 28.0 Å². The molecule has 2 aromatic heterocycles. The van der Waals surface area contributed by atoms with Crippen LogP contribution in [0.4, 0.5) is 0 Å². The number of hydrazine groups is 1. The van der Waals surface area contributed by atoms with Crippen LogP contribution < -0.4 is 25.1 Å². The zero-order valence-corrected chi connectivity index (χ0v) is 21.2. The van der Waals surface area contributed by atoms with Crippen LogP contribution in [-0.4, -0.2) is 43.1 Å². The summed E-state index contributed by atoms with van der Waals surface area (Å²) in [5.41, 5.74) is 7.33. The Hall–Kier alpha value is -3.76. The minimum atomic E-state index is -0.634. The molecule has 0 saturated carbocycles. The van der Waals surface area contributed by atoms with E-state index in [1.165, 1.54) is 26.5 Å². The van der Waals surface area contributed by atoms with Gasteiger partial charge in [-0.3, -0.25) is 20.4 Å². The van der Waals surface area contributed by atoms with E-state index in [0.29, 0.717) is 16.7 Å². The van der Waals surface area contributed by atoms with Crippen molar-refractivity contribution in [3.05, 3.63) is 69.5 Å². The molecular weight excluding hydrogens is 540 g/mol. The zero-order valence-electron chi connectivity index (χ0n) is 18.9. The van der Waals surface area contributed by atoms with Gasteiger partial charge in [-0.15, -0.1) is 0 Å². The fourth-order valence-corrected chi connectivity index (χ4v) is 4.09. The lowest BCUT2D eigenvalue weighted by atomic mass is 10.0. The average molecular weight is 560 g/mol. The number of rotatable bonds is 6. The number of ether oxygens (including phenoxy) is 3. The number of nitrogens with zero attached hydrogens (tertiary/aromatic N) is 1. The Bertz CT molecular complexity index is 1420. The second-order valence-electron chi connectivity index (χ2n) is 7.23. The molecule has 180 valence electrons. The second-order valence-corrected chi connectivity index (χ2v) is 8.53. The summed E-state index contributed by atoms with van der Waals surface area (Å²) in [5.74, 6) is -0.256. The lowest BCUT2D eigenvalue weighted by Crippen LogP contribution is -2.42. The molecular formula is C24H20BrClN4O5. The van der Waals surface area contributed by atoms with Crippen molar-refractivity contribution in [1.29, 1.82) is 0 Å².